The van der Waals surface area contributed by atoms with Gasteiger partial charge < -0.3 is 0 Å². The fourth-order valence-corrected chi connectivity index (χ4v) is 2.22. The first-order valence-electron chi connectivity index (χ1n) is 4.08. The maximum Gasteiger partial charge on any atom is 0.365 e. The van der Waals surface area contributed by atoms with Crippen molar-refractivity contribution in [1.82, 2.24) is 20.2 Å². The van der Waals surface area contributed by atoms with Crippen LogP contribution in [-0.2, 0) is 5.33 Å². The zero-order chi connectivity index (χ0) is 10.8. The van der Waals surface area contributed by atoms with E-state index in [1.165, 1.54) is 4.68 Å². The minimum absolute atomic E-state index is 0.389. The third kappa shape index (κ3) is 1.82. The van der Waals surface area contributed by atoms with Gasteiger partial charge in [-0.1, -0.05) is 33.6 Å². The molecule has 5 nitrogen and oxygen atoms in total. The van der Waals surface area contributed by atoms with Gasteiger partial charge in [0, 0.05) is 15.9 Å². The van der Waals surface area contributed by atoms with Crippen LogP contribution < -0.4 is 5.69 Å². The summed E-state index contributed by atoms with van der Waals surface area (Å²) in [6, 6.07) is 5.27. The average Bonchev–Trinajstić information content (AvgIpc) is 2.64. The smallest absolute Gasteiger partial charge is 0.244 e. The molecule has 0 spiro atoms. The lowest BCUT2D eigenvalue weighted by Crippen LogP contribution is -2.17. The Morgan fingerprint density at radius 1 is 1.53 bits per heavy atom. The monoisotopic (exact) mass is 288 g/mol. The first kappa shape index (κ1) is 10.4. The van der Waals surface area contributed by atoms with Crippen LogP contribution in [0.1, 0.15) is 5.56 Å². The van der Waals surface area contributed by atoms with Crippen LogP contribution >= 0.6 is 27.5 Å². The number of nitrogens with one attached hydrogen (secondary N) is 1. The molecular formula is C8H6BrClN4O. The van der Waals surface area contributed by atoms with Gasteiger partial charge in [-0.25, -0.2) is 9.89 Å². The van der Waals surface area contributed by atoms with Crippen molar-refractivity contribution in [3.63, 3.8) is 0 Å². The second kappa shape index (κ2) is 4.16. The van der Waals surface area contributed by atoms with Crippen LogP contribution in [0, 0.1) is 0 Å². The van der Waals surface area contributed by atoms with E-state index in [1.54, 1.807) is 18.2 Å². The topological polar surface area (TPSA) is 63.6 Å². The molecule has 1 aromatic heterocycles. The molecule has 0 amide bonds. The van der Waals surface area contributed by atoms with Gasteiger partial charge in [0.05, 0.1) is 5.69 Å². The normalized spacial score (nSPS) is 10.5. The van der Waals surface area contributed by atoms with Crippen molar-refractivity contribution in [2.45, 2.75) is 5.33 Å². The molecule has 0 fully saturated rings. The Morgan fingerprint density at radius 2 is 2.33 bits per heavy atom. The van der Waals surface area contributed by atoms with Gasteiger partial charge in [0.2, 0.25) is 0 Å². The summed E-state index contributed by atoms with van der Waals surface area (Å²) in [7, 11) is 0. The van der Waals surface area contributed by atoms with Crippen molar-refractivity contribution in [2.24, 2.45) is 0 Å². The van der Waals surface area contributed by atoms with Gasteiger partial charge in [-0.15, -0.1) is 0 Å². The summed E-state index contributed by atoms with van der Waals surface area (Å²) in [5.41, 5.74) is 1.03. The Morgan fingerprint density at radius 3 is 2.93 bits per heavy atom. The summed E-state index contributed by atoms with van der Waals surface area (Å²) in [6.45, 7) is 0. The van der Waals surface area contributed by atoms with E-state index in [4.69, 9.17) is 11.6 Å². The molecule has 1 aromatic carbocycles. The van der Waals surface area contributed by atoms with Crippen molar-refractivity contribution < 1.29 is 0 Å². The Bertz CT molecular complexity index is 535. The van der Waals surface area contributed by atoms with E-state index in [-0.39, 0.29) is 5.69 Å². The third-order valence-corrected chi connectivity index (χ3v) is 2.84. The first-order valence-corrected chi connectivity index (χ1v) is 5.58. The quantitative estimate of drug-likeness (QED) is 0.852. The highest BCUT2D eigenvalue weighted by atomic mass is 79.9. The number of hydrogen-bond acceptors (Lipinski definition) is 3. The van der Waals surface area contributed by atoms with Gasteiger partial charge in [-0.05, 0) is 22.6 Å². The number of halogens is 2. The second-order valence-corrected chi connectivity index (χ2v) is 3.76. The molecular weight excluding hydrogens is 283 g/mol. The average molecular weight is 290 g/mol. The van der Waals surface area contributed by atoms with Crippen LogP contribution in [-0.4, -0.2) is 20.2 Å². The zero-order valence-corrected chi connectivity index (χ0v) is 9.79. The van der Waals surface area contributed by atoms with E-state index >= 15 is 0 Å². The number of hydrogen-bond donors (Lipinski definition) is 1. The zero-order valence-electron chi connectivity index (χ0n) is 7.44. The van der Waals surface area contributed by atoms with Crippen LogP contribution in [0.3, 0.4) is 0 Å². The molecule has 1 heterocycles. The predicted molar refractivity (Wildman–Crippen MR) is 59.6 cm³/mol. The molecule has 0 aliphatic carbocycles. The maximum atomic E-state index is 11.3. The van der Waals surface area contributed by atoms with Crippen molar-refractivity contribution >= 4 is 27.5 Å². The van der Waals surface area contributed by atoms with Crippen LogP contribution in [0.4, 0.5) is 0 Å². The number of alkyl halides is 1. The Labute approximate surface area is 98.2 Å². The van der Waals surface area contributed by atoms with E-state index in [2.05, 4.69) is 31.5 Å². The molecule has 0 radical (unpaired) electrons. The summed E-state index contributed by atoms with van der Waals surface area (Å²) in [5.74, 6) is 0. The summed E-state index contributed by atoms with van der Waals surface area (Å²) < 4.78 is 1.17. The largest absolute Gasteiger partial charge is 0.365 e. The van der Waals surface area contributed by atoms with Gasteiger partial charge in [0.1, 0.15) is 0 Å². The highest BCUT2D eigenvalue weighted by Crippen LogP contribution is 2.24. The van der Waals surface area contributed by atoms with Crippen molar-refractivity contribution in [3.05, 3.63) is 39.3 Å². The molecule has 15 heavy (non-hydrogen) atoms. The number of H-pyrrole nitrogens is 1. The van der Waals surface area contributed by atoms with Gasteiger partial charge in [0.25, 0.3) is 0 Å². The summed E-state index contributed by atoms with van der Waals surface area (Å²) in [4.78, 5) is 11.3. The molecule has 0 unspecified atom stereocenters. The minimum Gasteiger partial charge on any atom is -0.244 e. The summed E-state index contributed by atoms with van der Waals surface area (Å²) in [5, 5.41) is 10.4. The van der Waals surface area contributed by atoms with E-state index < -0.39 is 0 Å². The fourth-order valence-electron chi connectivity index (χ4n) is 1.23. The highest BCUT2D eigenvalue weighted by Gasteiger charge is 2.10. The molecule has 2 rings (SSSR count). The molecule has 7 heteroatoms. The number of tetrazole rings is 1. The van der Waals surface area contributed by atoms with Crippen molar-refractivity contribution in [2.75, 3.05) is 0 Å². The van der Waals surface area contributed by atoms with Crippen molar-refractivity contribution in [1.29, 1.82) is 0 Å². The van der Waals surface area contributed by atoms with Gasteiger partial charge >= 0.3 is 5.69 Å². The predicted octanol–water partition coefficient (Wildman–Crippen LogP) is 1.50. The van der Waals surface area contributed by atoms with E-state index in [9.17, 15) is 4.79 Å². The van der Waals surface area contributed by atoms with Crippen LogP contribution in [0.25, 0.3) is 5.69 Å². The lowest BCUT2D eigenvalue weighted by atomic mass is 10.2. The van der Waals surface area contributed by atoms with Crippen molar-refractivity contribution in [3.8, 4) is 5.69 Å². The molecule has 0 atom stereocenters. The van der Waals surface area contributed by atoms with Crippen LogP contribution in [0.15, 0.2) is 23.0 Å². The highest BCUT2D eigenvalue weighted by molar-refractivity contribution is 9.08. The Hall–Kier alpha value is -1.14. The Balaban J connectivity index is 2.68. The Kier molecular flexibility index (Phi) is 2.88. The molecule has 2 aromatic rings. The van der Waals surface area contributed by atoms with Crippen LogP contribution in [0.2, 0.25) is 5.02 Å². The van der Waals surface area contributed by atoms with E-state index in [0.717, 1.165) is 5.56 Å². The molecule has 0 saturated heterocycles. The molecule has 0 aliphatic rings. The molecule has 0 saturated carbocycles. The number of aromatic amines is 1. The number of nitrogens with zero attached hydrogens (tertiary/aromatic N) is 3. The molecule has 0 aliphatic heterocycles. The molecule has 1 N–H and O–H groups in total. The number of rotatable bonds is 2. The van der Waals surface area contributed by atoms with Gasteiger partial charge in [-0.3, -0.25) is 0 Å². The third-order valence-electron chi connectivity index (χ3n) is 1.93. The maximum absolute atomic E-state index is 11.3. The summed E-state index contributed by atoms with van der Waals surface area (Å²) in [6.07, 6.45) is 0. The van der Waals surface area contributed by atoms with E-state index in [1.807, 2.05) is 0 Å². The summed E-state index contributed by atoms with van der Waals surface area (Å²) >= 11 is 9.31. The standard InChI is InChI=1S/C8H6BrClN4O/c9-4-5-6(10)2-1-3-7(5)14-8(15)11-12-13-14/h1-3H,4H2,(H,11,13,15). The lowest BCUT2D eigenvalue weighted by molar-refractivity contribution is 0.775. The number of aromatic nitrogens is 4. The lowest BCUT2D eigenvalue weighted by Gasteiger charge is -2.06. The van der Waals surface area contributed by atoms with Crippen LogP contribution in [0.5, 0.6) is 0 Å². The second-order valence-electron chi connectivity index (χ2n) is 2.79. The minimum atomic E-state index is -0.389. The van der Waals surface area contributed by atoms with E-state index in [0.29, 0.717) is 16.0 Å². The SMILES string of the molecule is O=c1[nH]nnn1-c1cccc(Cl)c1CBr. The molecule has 78 valence electrons. The van der Waals surface area contributed by atoms with Gasteiger partial charge in [0.15, 0.2) is 0 Å². The number of benzene rings is 1. The molecule has 0 bridgehead atoms. The first-order chi connectivity index (χ1) is 7.24. The van der Waals surface area contributed by atoms with Gasteiger partial charge in [-0.2, -0.15) is 4.68 Å². The fraction of sp³-hybridized carbons (Fsp3) is 0.125.